The fourth-order valence-corrected chi connectivity index (χ4v) is 2.21. The first-order chi connectivity index (χ1) is 11.1. The van der Waals surface area contributed by atoms with Crippen molar-refractivity contribution >= 4 is 40.6 Å². The average molecular weight is 375 g/mol. The quantitative estimate of drug-likeness (QED) is 0.626. The van der Waals surface area contributed by atoms with E-state index in [2.05, 4.69) is 5.32 Å². The number of esters is 1. The maximum Gasteiger partial charge on any atom is 0.326 e. The van der Waals surface area contributed by atoms with Crippen molar-refractivity contribution < 1.29 is 19.0 Å². The Balaban J connectivity index is 2.81. The lowest BCUT2D eigenvalue weighted by Gasteiger charge is -2.24. The second kappa shape index (κ2) is 8.39. The fourth-order valence-electron chi connectivity index (χ4n) is 1.81. The van der Waals surface area contributed by atoms with Crippen molar-refractivity contribution in [3.8, 4) is 11.5 Å². The highest BCUT2D eigenvalue weighted by molar-refractivity contribution is 7.80. The molecule has 0 radical (unpaired) electrons. The zero-order chi connectivity index (χ0) is 18.5. The van der Waals surface area contributed by atoms with Gasteiger partial charge >= 0.3 is 5.97 Å². The Morgan fingerprint density at radius 3 is 2.33 bits per heavy atom. The van der Waals surface area contributed by atoms with E-state index < -0.39 is 5.60 Å². The van der Waals surface area contributed by atoms with Crippen molar-refractivity contribution in [1.82, 2.24) is 4.90 Å². The minimum absolute atomic E-state index is 0.0240. The zero-order valence-electron chi connectivity index (χ0n) is 14.7. The van der Waals surface area contributed by atoms with Crippen molar-refractivity contribution in [3.05, 3.63) is 17.2 Å². The molecular weight excluding hydrogens is 352 g/mol. The Labute approximate surface area is 153 Å². The van der Waals surface area contributed by atoms with Gasteiger partial charge in [0.25, 0.3) is 0 Å². The maximum absolute atomic E-state index is 11.9. The molecule has 0 spiro atoms. The summed E-state index contributed by atoms with van der Waals surface area (Å²) >= 11 is 11.4. The number of methoxy groups -OCH3 is 2. The summed E-state index contributed by atoms with van der Waals surface area (Å²) in [6.07, 6.45) is 0. The molecule has 0 aliphatic carbocycles. The summed E-state index contributed by atoms with van der Waals surface area (Å²) in [7, 11) is 4.74. The van der Waals surface area contributed by atoms with E-state index in [-0.39, 0.29) is 12.5 Å². The second-order valence-electron chi connectivity index (χ2n) is 6.06. The molecular formula is C16H23ClN2O4S. The lowest BCUT2D eigenvalue weighted by atomic mass is 10.2. The molecule has 1 rings (SSSR count). The van der Waals surface area contributed by atoms with Crippen LogP contribution in [0.4, 0.5) is 5.69 Å². The highest BCUT2D eigenvalue weighted by atomic mass is 35.5. The number of carbonyl (C=O) groups is 1. The Morgan fingerprint density at radius 2 is 1.83 bits per heavy atom. The first-order valence-electron chi connectivity index (χ1n) is 7.23. The number of nitrogens with zero attached hydrogens (tertiary/aromatic N) is 1. The predicted octanol–water partition coefficient (Wildman–Crippen LogP) is 3.33. The average Bonchev–Trinajstić information content (AvgIpc) is 2.46. The van der Waals surface area contributed by atoms with Crippen LogP contribution in [0.15, 0.2) is 12.1 Å². The van der Waals surface area contributed by atoms with Crippen molar-refractivity contribution in [1.29, 1.82) is 0 Å². The number of ether oxygens (including phenoxy) is 3. The van der Waals surface area contributed by atoms with E-state index in [0.29, 0.717) is 27.3 Å². The number of halogens is 1. The summed E-state index contributed by atoms with van der Waals surface area (Å²) in [5.74, 6) is 0.626. The van der Waals surface area contributed by atoms with Crippen LogP contribution >= 0.6 is 23.8 Å². The summed E-state index contributed by atoms with van der Waals surface area (Å²) in [4.78, 5) is 13.5. The Bertz CT molecular complexity index is 617. The SMILES string of the molecule is COc1cc(NC(=S)N(C)CC(=O)OC(C)(C)C)c(OC)cc1Cl. The minimum Gasteiger partial charge on any atom is -0.495 e. The standard InChI is InChI=1S/C16H23ClN2O4S/c1-16(2,3)23-14(20)9-19(4)15(24)18-11-8-12(21-5)10(17)7-13(11)22-6/h7-8H,9H2,1-6H3,(H,18,24). The summed E-state index contributed by atoms with van der Waals surface area (Å²) in [6.45, 7) is 5.46. The lowest BCUT2D eigenvalue weighted by molar-refractivity contribution is -0.154. The smallest absolute Gasteiger partial charge is 0.326 e. The third-order valence-corrected chi connectivity index (χ3v) is 3.56. The van der Waals surface area contributed by atoms with Gasteiger partial charge in [0.15, 0.2) is 5.11 Å². The highest BCUT2D eigenvalue weighted by Gasteiger charge is 2.19. The number of rotatable bonds is 5. The van der Waals surface area contributed by atoms with Gasteiger partial charge in [0, 0.05) is 19.2 Å². The third-order valence-electron chi connectivity index (χ3n) is 2.85. The van der Waals surface area contributed by atoms with Crippen LogP contribution in [0, 0.1) is 0 Å². The molecule has 0 aromatic heterocycles. The van der Waals surface area contributed by atoms with E-state index in [1.165, 1.54) is 14.2 Å². The zero-order valence-corrected chi connectivity index (χ0v) is 16.3. The topological polar surface area (TPSA) is 60.0 Å². The van der Waals surface area contributed by atoms with Gasteiger partial charge in [0.1, 0.15) is 23.6 Å². The summed E-state index contributed by atoms with van der Waals surface area (Å²) in [6, 6.07) is 3.30. The van der Waals surface area contributed by atoms with Gasteiger partial charge in [-0.15, -0.1) is 0 Å². The van der Waals surface area contributed by atoms with Crippen molar-refractivity contribution in [2.75, 3.05) is 33.1 Å². The molecule has 1 aromatic rings. The van der Waals surface area contributed by atoms with E-state index in [1.807, 2.05) is 20.8 Å². The lowest BCUT2D eigenvalue weighted by Crippen LogP contribution is -2.38. The number of carbonyl (C=O) groups excluding carboxylic acids is 1. The Kier molecular flexibility index (Phi) is 7.10. The molecule has 0 unspecified atom stereocenters. The molecule has 0 saturated heterocycles. The van der Waals surface area contributed by atoms with Crippen LogP contribution in [-0.4, -0.2) is 49.4 Å². The Hall–Kier alpha value is -1.73. The number of thiocarbonyl (C=S) groups is 1. The van der Waals surface area contributed by atoms with E-state index in [9.17, 15) is 4.79 Å². The van der Waals surface area contributed by atoms with E-state index in [0.717, 1.165) is 0 Å². The molecule has 0 aliphatic heterocycles. The van der Waals surface area contributed by atoms with Crippen LogP contribution < -0.4 is 14.8 Å². The van der Waals surface area contributed by atoms with Crippen LogP contribution in [0.3, 0.4) is 0 Å². The van der Waals surface area contributed by atoms with Gasteiger partial charge in [-0.25, -0.2) is 0 Å². The number of nitrogens with one attached hydrogen (secondary N) is 1. The van der Waals surface area contributed by atoms with Crippen LogP contribution in [0.25, 0.3) is 0 Å². The summed E-state index contributed by atoms with van der Waals surface area (Å²) < 4.78 is 15.7. The molecule has 0 atom stereocenters. The number of hydrogen-bond acceptors (Lipinski definition) is 5. The largest absolute Gasteiger partial charge is 0.495 e. The van der Waals surface area contributed by atoms with Crippen molar-refractivity contribution in [2.24, 2.45) is 0 Å². The van der Waals surface area contributed by atoms with E-state index in [1.54, 1.807) is 24.1 Å². The van der Waals surface area contributed by atoms with Crippen LogP contribution in [0.1, 0.15) is 20.8 Å². The number of anilines is 1. The molecule has 0 amide bonds. The van der Waals surface area contributed by atoms with Crippen LogP contribution in [-0.2, 0) is 9.53 Å². The molecule has 6 nitrogen and oxygen atoms in total. The first kappa shape index (κ1) is 20.3. The number of likely N-dealkylation sites (N-methyl/N-ethyl adjacent to an activating group) is 1. The monoisotopic (exact) mass is 374 g/mol. The first-order valence-corrected chi connectivity index (χ1v) is 8.01. The van der Waals surface area contributed by atoms with Gasteiger partial charge in [-0.3, -0.25) is 4.79 Å². The fraction of sp³-hybridized carbons (Fsp3) is 0.500. The van der Waals surface area contributed by atoms with Gasteiger partial charge in [-0.2, -0.15) is 0 Å². The molecule has 1 N–H and O–H groups in total. The van der Waals surface area contributed by atoms with Crippen molar-refractivity contribution in [2.45, 2.75) is 26.4 Å². The molecule has 8 heteroatoms. The van der Waals surface area contributed by atoms with E-state index in [4.69, 9.17) is 38.0 Å². The summed E-state index contributed by atoms with van der Waals surface area (Å²) in [5, 5.41) is 3.78. The third kappa shape index (κ3) is 6.05. The highest BCUT2D eigenvalue weighted by Crippen LogP contribution is 2.35. The minimum atomic E-state index is -0.542. The van der Waals surface area contributed by atoms with Crippen molar-refractivity contribution in [3.63, 3.8) is 0 Å². The van der Waals surface area contributed by atoms with Gasteiger partial charge < -0.3 is 24.4 Å². The molecule has 134 valence electrons. The van der Waals surface area contributed by atoms with Gasteiger partial charge in [-0.1, -0.05) is 11.6 Å². The van der Waals surface area contributed by atoms with Crippen LogP contribution in [0.2, 0.25) is 5.02 Å². The molecule has 0 saturated carbocycles. The van der Waals surface area contributed by atoms with Gasteiger partial charge in [0.2, 0.25) is 0 Å². The molecule has 0 fully saturated rings. The Morgan fingerprint density at radius 1 is 1.25 bits per heavy atom. The molecule has 1 aromatic carbocycles. The normalized spacial score (nSPS) is 10.8. The predicted molar refractivity (Wildman–Crippen MR) is 99.3 cm³/mol. The molecule has 0 bridgehead atoms. The number of hydrogen-bond donors (Lipinski definition) is 1. The number of benzene rings is 1. The molecule has 0 aliphatic rings. The van der Waals surface area contributed by atoms with Gasteiger partial charge in [0.05, 0.1) is 24.9 Å². The summed E-state index contributed by atoms with van der Waals surface area (Å²) in [5.41, 5.74) is 0.0412. The van der Waals surface area contributed by atoms with Gasteiger partial charge in [-0.05, 0) is 33.0 Å². The van der Waals surface area contributed by atoms with Crippen LogP contribution in [0.5, 0.6) is 11.5 Å². The molecule has 0 heterocycles. The molecule has 24 heavy (non-hydrogen) atoms. The second-order valence-corrected chi connectivity index (χ2v) is 6.85. The maximum atomic E-state index is 11.9. The van der Waals surface area contributed by atoms with E-state index >= 15 is 0 Å².